The predicted molar refractivity (Wildman–Crippen MR) is 95.9 cm³/mol. The summed E-state index contributed by atoms with van der Waals surface area (Å²) < 4.78 is 0. The average Bonchev–Trinajstić information content (AvgIpc) is 2.56. The van der Waals surface area contributed by atoms with Gasteiger partial charge in [-0.05, 0) is 24.8 Å². The minimum atomic E-state index is -1.11. The maximum absolute atomic E-state index is 12.4. The Kier molecular flexibility index (Phi) is 8.39. The van der Waals surface area contributed by atoms with Crippen LogP contribution in [0.4, 0.5) is 0 Å². The van der Waals surface area contributed by atoms with Crippen molar-refractivity contribution in [2.24, 2.45) is 5.92 Å². The number of benzene rings is 1. The van der Waals surface area contributed by atoms with E-state index < -0.39 is 24.0 Å². The molecule has 0 spiro atoms. The molecule has 0 saturated heterocycles. The third-order valence-corrected chi connectivity index (χ3v) is 3.70. The Bertz CT molecular complexity index is 611. The Morgan fingerprint density at radius 2 is 1.76 bits per heavy atom. The number of carbonyl (C=O) groups is 3. The molecule has 0 radical (unpaired) electrons. The molecule has 6 nitrogen and oxygen atoms in total. The fourth-order valence-electron chi connectivity index (χ4n) is 2.30. The van der Waals surface area contributed by atoms with Crippen molar-refractivity contribution in [3.05, 3.63) is 48.0 Å². The van der Waals surface area contributed by atoms with Gasteiger partial charge in [-0.2, -0.15) is 0 Å². The van der Waals surface area contributed by atoms with Crippen molar-refractivity contribution in [2.75, 3.05) is 0 Å². The number of carboxylic acid groups (broad SMARTS) is 1. The molecule has 0 fully saturated rings. The highest BCUT2D eigenvalue weighted by molar-refractivity contribution is 5.91. The highest BCUT2D eigenvalue weighted by atomic mass is 16.4. The summed E-state index contributed by atoms with van der Waals surface area (Å²) in [4.78, 5) is 35.9. The van der Waals surface area contributed by atoms with Crippen molar-refractivity contribution in [3.8, 4) is 0 Å². The van der Waals surface area contributed by atoms with E-state index in [2.05, 4.69) is 10.6 Å². The van der Waals surface area contributed by atoms with Gasteiger partial charge < -0.3 is 15.7 Å². The van der Waals surface area contributed by atoms with Gasteiger partial charge in [-0.3, -0.25) is 9.59 Å². The molecule has 2 amide bonds. The van der Waals surface area contributed by atoms with E-state index in [0.717, 1.165) is 5.56 Å². The van der Waals surface area contributed by atoms with Crippen LogP contribution in [0.15, 0.2) is 42.5 Å². The van der Waals surface area contributed by atoms with Gasteiger partial charge in [0.15, 0.2) is 0 Å². The van der Waals surface area contributed by atoms with E-state index in [0.29, 0.717) is 0 Å². The van der Waals surface area contributed by atoms with E-state index in [1.807, 2.05) is 30.3 Å². The van der Waals surface area contributed by atoms with Gasteiger partial charge in [0.05, 0.1) is 6.42 Å². The first kappa shape index (κ1) is 20.4. The Balaban J connectivity index is 2.72. The molecule has 0 aromatic heterocycles. The molecule has 0 heterocycles. The van der Waals surface area contributed by atoms with Crippen LogP contribution < -0.4 is 10.6 Å². The number of carbonyl (C=O) groups excluding carboxylic acids is 2. The number of hydrogen-bond donors (Lipinski definition) is 3. The molecule has 25 heavy (non-hydrogen) atoms. The summed E-state index contributed by atoms with van der Waals surface area (Å²) in [5.74, 6) is -2.05. The lowest BCUT2D eigenvalue weighted by Crippen LogP contribution is -2.53. The molecule has 0 bridgehead atoms. The summed E-state index contributed by atoms with van der Waals surface area (Å²) in [5.41, 5.74) is 0.847. The minimum Gasteiger partial charge on any atom is -0.480 e. The second-order valence-corrected chi connectivity index (χ2v) is 6.16. The zero-order valence-corrected chi connectivity index (χ0v) is 14.9. The molecule has 0 saturated carbocycles. The molecule has 0 aliphatic carbocycles. The van der Waals surface area contributed by atoms with E-state index in [1.165, 1.54) is 0 Å². The average molecular weight is 346 g/mol. The lowest BCUT2D eigenvalue weighted by molar-refractivity contribution is -0.142. The number of rotatable bonds is 9. The third kappa shape index (κ3) is 7.20. The van der Waals surface area contributed by atoms with E-state index in [1.54, 1.807) is 32.9 Å². The fraction of sp³-hybridized carbons (Fsp3) is 0.421. The van der Waals surface area contributed by atoms with Crippen LogP contribution in [0.3, 0.4) is 0 Å². The Labute approximate surface area is 148 Å². The van der Waals surface area contributed by atoms with Crippen LogP contribution in [0, 0.1) is 5.92 Å². The number of nitrogens with one attached hydrogen (secondary N) is 2. The standard InChI is InChI=1S/C19H26N2O4/c1-4-5-11-15(19(24)25)20-18(23)17(13(2)3)21-16(22)12-14-9-7-6-8-10-14/h4-10,13,15,17H,11-12H2,1-3H3,(H,20,23)(H,21,22)(H,24,25)/b5-4+. The summed E-state index contributed by atoms with van der Waals surface area (Å²) in [6.45, 7) is 5.38. The zero-order chi connectivity index (χ0) is 18.8. The summed E-state index contributed by atoms with van der Waals surface area (Å²) in [5, 5.41) is 14.4. The first-order chi connectivity index (χ1) is 11.8. The molecule has 0 aliphatic heterocycles. The summed E-state index contributed by atoms with van der Waals surface area (Å²) >= 11 is 0. The van der Waals surface area contributed by atoms with Crippen LogP contribution >= 0.6 is 0 Å². The number of hydrogen-bond acceptors (Lipinski definition) is 3. The minimum absolute atomic E-state index is 0.165. The van der Waals surface area contributed by atoms with Crippen LogP contribution in [-0.4, -0.2) is 35.0 Å². The number of aliphatic carboxylic acids is 1. The van der Waals surface area contributed by atoms with Gasteiger partial charge in [-0.1, -0.05) is 56.3 Å². The Morgan fingerprint density at radius 3 is 2.28 bits per heavy atom. The van der Waals surface area contributed by atoms with E-state index in [9.17, 15) is 19.5 Å². The van der Waals surface area contributed by atoms with Crippen LogP contribution in [0.5, 0.6) is 0 Å². The Hall–Kier alpha value is -2.63. The molecule has 136 valence electrons. The van der Waals surface area contributed by atoms with Crippen molar-refractivity contribution < 1.29 is 19.5 Å². The number of amides is 2. The molecule has 2 atom stereocenters. The number of allylic oxidation sites excluding steroid dienone is 1. The second kappa shape index (κ2) is 10.3. The van der Waals surface area contributed by atoms with Gasteiger partial charge in [0.2, 0.25) is 11.8 Å². The second-order valence-electron chi connectivity index (χ2n) is 6.16. The summed E-state index contributed by atoms with van der Waals surface area (Å²) in [6, 6.07) is 7.41. The monoisotopic (exact) mass is 346 g/mol. The highest BCUT2D eigenvalue weighted by Gasteiger charge is 2.28. The summed E-state index contributed by atoms with van der Waals surface area (Å²) in [7, 11) is 0. The molecule has 6 heteroatoms. The number of carboxylic acids is 1. The lowest BCUT2D eigenvalue weighted by Gasteiger charge is -2.23. The molecular weight excluding hydrogens is 320 g/mol. The van der Waals surface area contributed by atoms with Crippen molar-refractivity contribution >= 4 is 17.8 Å². The normalized spacial score (nSPS) is 13.4. The zero-order valence-electron chi connectivity index (χ0n) is 14.9. The highest BCUT2D eigenvalue weighted by Crippen LogP contribution is 2.06. The van der Waals surface area contributed by atoms with E-state index in [4.69, 9.17) is 0 Å². The first-order valence-electron chi connectivity index (χ1n) is 8.32. The van der Waals surface area contributed by atoms with Gasteiger partial charge in [0, 0.05) is 0 Å². The van der Waals surface area contributed by atoms with Gasteiger partial charge in [-0.15, -0.1) is 0 Å². The van der Waals surface area contributed by atoms with Crippen molar-refractivity contribution in [3.63, 3.8) is 0 Å². The molecule has 1 rings (SSSR count). The SMILES string of the molecule is C/C=C/CC(NC(=O)C(NC(=O)Cc1ccccc1)C(C)C)C(=O)O. The maximum Gasteiger partial charge on any atom is 0.326 e. The molecule has 1 aromatic rings. The third-order valence-electron chi connectivity index (χ3n) is 3.70. The Morgan fingerprint density at radius 1 is 1.12 bits per heavy atom. The van der Waals surface area contributed by atoms with Crippen LogP contribution in [-0.2, 0) is 20.8 Å². The smallest absolute Gasteiger partial charge is 0.326 e. The van der Waals surface area contributed by atoms with Gasteiger partial charge in [0.1, 0.15) is 12.1 Å². The molecule has 2 unspecified atom stereocenters. The maximum atomic E-state index is 12.4. The predicted octanol–water partition coefficient (Wildman–Crippen LogP) is 1.91. The molecule has 3 N–H and O–H groups in total. The lowest BCUT2D eigenvalue weighted by atomic mass is 10.0. The first-order valence-corrected chi connectivity index (χ1v) is 8.32. The molecule has 0 aliphatic rings. The molecule has 1 aromatic carbocycles. The topological polar surface area (TPSA) is 95.5 Å². The van der Waals surface area contributed by atoms with Gasteiger partial charge in [-0.25, -0.2) is 4.79 Å². The van der Waals surface area contributed by atoms with Crippen molar-refractivity contribution in [1.82, 2.24) is 10.6 Å². The van der Waals surface area contributed by atoms with Gasteiger partial charge >= 0.3 is 5.97 Å². The van der Waals surface area contributed by atoms with Crippen LogP contribution in [0.1, 0.15) is 32.8 Å². The van der Waals surface area contributed by atoms with E-state index >= 15 is 0 Å². The van der Waals surface area contributed by atoms with Crippen LogP contribution in [0.25, 0.3) is 0 Å². The van der Waals surface area contributed by atoms with Crippen molar-refractivity contribution in [1.29, 1.82) is 0 Å². The summed E-state index contributed by atoms with van der Waals surface area (Å²) in [6.07, 6.45) is 3.76. The van der Waals surface area contributed by atoms with Gasteiger partial charge in [0.25, 0.3) is 0 Å². The fourth-order valence-corrected chi connectivity index (χ4v) is 2.30. The quantitative estimate of drug-likeness (QED) is 0.595. The van der Waals surface area contributed by atoms with Crippen LogP contribution in [0.2, 0.25) is 0 Å². The van der Waals surface area contributed by atoms with E-state index in [-0.39, 0.29) is 24.7 Å². The van der Waals surface area contributed by atoms with Crippen molar-refractivity contribution in [2.45, 2.75) is 45.7 Å². The largest absolute Gasteiger partial charge is 0.480 e. The molecular formula is C19H26N2O4.